The Bertz CT molecular complexity index is 637. The lowest BCUT2D eigenvalue weighted by molar-refractivity contribution is -0.188. The molecule has 1 amide bonds. The van der Waals surface area contributed by atoms with Crippen LogP contribution in [0.5, 0.6) is 5.75 Å². The molecule has 9 heteroatoms. The number of benzene rings is 1. The minimum atomic E-state index is -4.69. The lowest BCUT2D eigenvalue weighted by Crippen LogP contribution is -2.40. The SMILES string of the molecule is CC(Oc1ccccc1Cl)C(=O)N1C[C@@H](C(F)(F)F)[C@H](C(=O)O)C1. The van der Waals surface area contributed by atoms with Crippen molar-refractivity contribution in [3.05, 3.63) is 29.3 Å². The number of halogens is 4. The highest BCUT2D eigenvalue weighted by Gasteiger charge is 2.53. The van der Waals surface area contributed by atoms with Crippen molar-refractivity contribution in [1.29, 1.82) is 0 Å². The Morgan fingerprint density at radius 1 is 1.33 bits per heavy atom. The zero-order valence-electron chi connectivity index (χ0n) is 12.6. The number of amides is 1. The third-order valence-corrected chi connectivity index (χ3v) is 4.17. The molecule has 0 radical (unpaired) electrons. The Balaban J connectivity index is 2.09. The van der Waals surface area contributed by atoms with Gasteiger partial charge in [0.25, 0.3) is 5.91 Å². The van der Waals surface area contributed by atoms with Crippen LogP contribution < -0.4 is 4.74 Å². The van der Waals surface area contributed by atoms with Gasteiger partial charge >= 0.3 is 12.1 Å². The first-order valence-electron chi connectivity index (χ1n) is 7.10. The van der Waals surface area contributed by atoms with E-state index < -0.39 is 49.1 Å². The number of hydrogen-bond acceptors (Lipinski definition) is 3. The molecule has 132 valence electrons. The predicted molar refractivity (Wildman–Crippen MR) is 78.8 cm³/mol. The second-order valence-corrected chi connectivity index (χ2v) is 5.93. The van der Waals surface area contributed by atoms with Crippen LogP contribution in [0.15, 0.2) is 24.3 Å². The molecule has 1 aromatic rings. The topological polar surface area (TPSA) is 66.8 Å². The molecule has 1 saturated heterocycles. The number of likely N-dealkylation sites (tertiary alicyclic amines) is 1. The van der Waals surface area contributed by atoms with Gasteiger partial charge in [0.2, 0.25) is 0 Å². The second kappa shape index (κ2) is 6.88. The number of rotatable bonds is 4. The number of nitrogens with zero attached hydrogens (tertiary/aromatic N) is 1. The summed E-state index contributed by atoms with van der Waals surface area (Å²) in [6.45, 7) is 0.173. The van der Waals surface area contributed by atoms with Crippen LogP contribution >= 0.6 is 11.6 Å². The Morgan fingerprint density at radius 3 is 2.46 bits per heavy atom. The van der Waals surface area contributed by atoms with E-state index in [0.29, 0.717) is 0 Å². The fourth-order valence-corrected chi connectivity index (χ4v) is 2.78. The Hall–Kier alpha value is -1.96. The van der Waals surface area contributed by atoms with Gasteiger partial charge in [0, 0.05) is 13.1 Å². The van der Waals surface area contributed by atoms with E-state index >= 15 is 0 Å². The summed E-state index contributed by atoms with van der Waals surface area (Å²) < 4.78 is 44.3. The van der Waals surface area contributed by atoms with Gasteiger partial charge < -0.3 is 14.7 Å². The fraction of sp³-hybridized carbons (Fsp3) is 0.467. The number of carboxylic acid groups (broad SMARTS) is 1. The van der Waals surface area contributed by atoms with Gasteiger partial charge in [0.05, 0.1) is 16.9 Å². The van der Waals surface area contributed by atoms with Crippen LogP contribution in [-0.2, 0) is 9.59 Å². The van der Waals surface area contributed by atoms with Gasteiger partial charge in [0.1, 0.15) is 5.75 Å². The molecule has 0 bridgehead atoms. The van der Waals surface area contributed by atoms with Gasteiger partial charge in [-0.05, 0) is 19.1 Å². The minimum Gasteiger partial charge on any atom is -0.481 e. The number of aliphatic carboxylic acids is 1. The van der Waals surface area contributed by atoms with E-state index in [9.17, 15) is 22.8 Å². The number of carbonyl (C=O) groups is 2. The normalized spacial score (nSPS) is 22.3. The number of para-hydroxylation sites is 1. The standard InChI is InChI=1S/C15H15ClF3NO4/c1-8(24-12-5-3-2-4-11(12)16)13(21)20-6-9(14(22)23)10(7-20)15(17,18)19/h2-5,8-10H,6-7H2,1H3,(H,22,23)/t8?,9-,10-/m1/s1. The molecule has 1 N–H and O–H groups in total. The summed E-state index contributed by atoms with van der Waals surface area (Å²) in [6, 6.07) is 6.36. The molecule has 0 aromatic heterocycles. The Kier molecular flexibility index (Phi) is 5.27. The largest absolute Gasteiger partial charge is 0.481 e. The average Bonchev–Trinajstić information content (AvgIpc) is 2.94. The molecule has 1 aliphatic rings. The first-order valence-corrected chi connectivity index (χ1v) is 7.48. The zero-order valence-corrected chi connectivity index (χ0v) is 13.3. The molecular formula is C15H15ClF3NO4. The van der Waals surface area contributed by atoms with E-state index in [1.54, 1.807) is 18.2 Å². The van der Waals surface area contributed by atoms with Crippen molar-refractivity contribution in [2.75, 3.05) is 13.1 Å². The van der Waals surface area contributed by atoms with Crippen molar-refractivity contribution in [3.63, 3.8) is 0 Å². The van der Waals surface area contributed by atoms with Crippen molar-refractivity contribution in [2.45, 2.75) is 19.2 Å². The first-order chi connectivity index (χ1) is 11.1. The molecular weight excluding hydrogens is 351 g/mol. The number of alkyl halides is 3. The highest BCUT2D eigenvalue weighted by Crippen LogP contribution is 2.38. The summed E-state index contributed by atoms with van der Waals surface area (Å²) in [5.74, 6) is -5.84. The molecule has 24 heavy (non-hydrogen) atoms. The Labute approximate surface area is 141 Å². The summed E-state index contributed by atoms with van der Waals surface area (Å²) in [5.41, 5.74) is 0. The summed E-state index contributed by atoms with van der Waals surface area (Å²) in [7, 11) is 0. The molecule has 1 aliphatic heterocycles. The summed E-state index contributed by atoms with van der Waals surface area (Å²) >= 11 is 5.90. The van der Waals surface area contributed by atoms with Crippen LogP contribution in [0.1, 0.15) is 6.92 Å². The second-order valence-electron chi connectivity index (χ2n) is 5.53. The molecule has 1 heterocycles. The highest BCUT2D eigenvalue weighted by molar-refractivity contribution is 6.32. The molecule has 5 nitrogen and oxygen atoms in total. The van der Waals surface area contributed by atoms with E-state index in [1.807, 2.05) is 0 Å². The Morgan fingerprint density at radius 2 is 1.96 bits per heavy atom. The summed E-state index contributed by atoms with van der Waals surface area (Å²) in [6.07, 6.45) is -5.78. The smallest absolute Gasteiger partial charge is 0.394 e. The van der Waals surface area contributed by atoms with Gasteiger partial charge in [-0.2, -0.15) is 13.2 Å². The van der Waals surface area contributed by atoms with E-state index in [2.05, 4.69) is 0 Å². The maximum atomic E-state index is 13.0. The number of carbonyl (C=O) groups excluding carboxylic acids is 1. The molecule has 0 spiro atoms. The monoisotopic (exact) mass is 365 g/mol. The van der Waals surface area contributed by atoms with Crippen molar-refractivity contribution in [2.24, 2.45) is 11.8 Å². The predicted octanol–water partition coefficient (Wildman–Crippen LogP) is 2.83. The molecule has 1 fully saturated rings. The third kappa shape index (κ3) is 3.92. The van der Waals surface area contributed by atoms with E-state index in [0.717, 1.165) is 4.90 Å². The van der Waals surface area contributed by atoms with Crippen LogP contribution in [0.4, 0.5) is 13.2 Å². The molecule has 0 aliphatic carbocycles. The molecule has 3 atom stereocenters. The van der Waals surface area contributed by atoms with Crippen LogP contribution in [0.3, 0.4) is 0 Å². The van der Waals surface area contributed by atoms with Gasteiger partial charge in [0.15, 0.2) is 6.10 Å². The lowest BCUT2D eigenvalue weighted by atomic mass is 9.96. The van der Waals surface area contributed by atoms with Crippen molar-refractivity contribution in [3.8, 4) is 5.75 Å². The van der Waals surface area contributed by atoms with Crippen LogP contribution in [0, 0.1) is 11.8 Å². The third-order valence-electron chi connectivity index (χ3n) is 3.86. The molecule has 1 unspecified atom stereocenters. The van der Waals surface area contributed by atoms with Crippen LogP contribution in [-0.4, -0.2) is 47.3 Å². The van der Waals surface area contributed by atoms with Gasteiger partial charge in [-0.3, -0.25) is 9.59 Å². The first kappa shape index (κ1) is 18.4. The van der Waals surface area contributed by atoms with E-state index in [-0.39, 0.29) is 10.8 Å². The van der Waals surface area contributed by atoms with Crippen molar-refractivity contribution < 1.29 is 32.6 Å². The minimum absolute atomic E-state index is 0.223. The quantitative estimate of drug-likeness (QED) is 0.891. The summed E-state index contributed by atoms with van der Waals surface area (Å²) in [4.78, 5) is 24.2. The highest BCUT2D eigenvalue weighted by atomic mass is 35.5. The van der Waals surface area contributed by atoms with Gasteiger partial charge in [-0.15, -0.1) is 0 Å². The lowest BCUT2D eigenvalue weighted by Gasteiger charge is -2.22. The maximum Gasteiger partial charge on any atom is 0.394 e. The van der Waals surface area contributed by atoms with E-state index in [1.165, 1.54) is 13.0 Å². The molecule has 0 saturated carbocycles. The van der Waals surface area contributed by atoms with Crippen molar-refractivity contribution >= 4 is 23.5 Å². The average molecular weight is 366 g/mol. The van der Waals surface area contributed by atoms with Crippen molar-refractivity contribution in [1.82, 2.24) is 4.90 Å². The van der Waals surface area contributed by atoms with Crippen LogP contribution in [0.2, 0.25) is 5.02 Å². The van der Waals surface area contributed by atoms with Crippen LogP contribution in [0.25, 0.3) is 0 Å². The fourth-order valence-electron chi connectivity index (χ4n) is 2.60. The number of ether oxygens (including phenoxy) is 1. The molecule has 1 aromatic carbocycles. The maximum absolute atomic E-state index is 13.0. The number of hydrogen-bond donors (Lipinski definition) is 1. The summed E-state index contributed by atoms with van der Waals surface area (Å²) in [5, 5.41) is 9.23. The van der Waals surface area contributed by atoms with Gasteiger partial charge in [-0.25, -0.2) is 0 Å². The number of carboxylic acids is 1. The van der Waals surface area contributed by atoms with Gasteiger partial charge in [-0.1, -0.05) is 23.7 Å². The zero-order chi connectivity index (χ0) is 18.1. The molecule has 2 rings (SSSR count). The van der Waals surface area contributed by atoms with E-state index in [4.69, 9.17) is 21.4 Å².